The molecule has 2 aromatic rings. The third kappa shape index (κ3) is 4.91. The minimum Gasteiger partial charge on any atom is -0.497 e. The number of ether oxygens (including phenoxy) is 3. The molecule has 2 aromatic carbocycles. The molecule has 1 amide bonds. The Hall–Kier alpha value is -2.69. The predicted octanol–water partition coefficient (Wildman–Crippen LogP) is 3.35. The molecule has 0 saturated carbocycles. The first-order chi connectivity index (χ1) is 11.6. The van der Waals surface area contributed by atoms with Crippen molar-refractivity contribution in [2.24, 2.45) is 0 Å². The fourth-order valence-corrected chi connectivity index (χ4v) is 2.35. The number of hydrogen-bond acceptors (Lipinski definition) is 4. The number of carbonyl (C=O) groups excluding carboxylic acids is 1. The Morgan fingerprint density at radius 1 is 1.04 bits per heavy atom. The normalized spacial score (nSPS) is 11.5. The van der Waals surface area contributed by atoms with Crippen LogP contribution in [0.1, 0.15) is 24.9 Å². The van der Waals surface area contributed by atoms with Gasteiger partial charge in [-0.25, -0.2) is 0 Å². The van der Waals surface area contributed by atoms with Gasteiger partial charge in [-0.3, -0.25) is 4.79 Å². The number of hydrogen-bond donors (Lipinski definition) is 1. The molecule has 0 bridgehead atoms. The van der Waals surface area contributed by atoms with Crippen LogP contribution >= 0.6 is 0 Å². The van der Waals surface area contributed by atoms with Gasteiger partial charge < -0.3 is 19.5 Å². The third-order valence-corrected chi connectivity index (χ3v) is 3.62. The fraction of sp³-hybridized carbons (Fsp3) is 0.316. The Morgan fingerprint density at radius 3 is 2.46 bits per heavy atom. The second-order valence-electron chi connectivity index (χ2n) is 5.31. The van der Waals surface area contributed by atoms with Crippen molar-refractivity contribution in [2.45, 2.75) is 19.4 Å². The molecule has 0 aliphatic carbocycles. The maximum absolute atomic E-state index is 12.1. The molecule has 5 nitrogen and oxygen atoms in total. The van der Waals surface area contributed by atoms with Gasteiger partial charge in [-0.1, -0.05) is 18.2 Å². The van der Waals surface area contributed by atoms with Crippen LogP contribution in [0.4, 0.5) is 0 Å². The molecule has 5 heteroatoms. The Morgan fingerprint density at radius 2 is 1.79 bits per heavy atom. The van der Waals surface area contributed by atoms with Crippen LogP contribution in [-0.4, -0.2) is 26.7 Å². The van der Waals surface area contributed by atoms with Gasteiger partial charge in [0.2, 0.25) is 5.91 Å². The van der Waals surface area contributed by atoms with E-state index in [2.05, 4.69) is 5.32 Å². The SMILES string of the molecule is COc1ccc(OC)c(C(C)NC(=O)CCOc2ccccc2)c1. The number of methoxy groups -OCH3 is 2. The minimum atomic E-state index is -0.195. The Kier molecular flexibility index (Phi) is 6.49. The highest BCUT2D eigenvalue weighted by molar-refractivity contribution is 5.76. The van der Waals surface area contributed by atoms with Crippen molar-refractivity contribution in [3.8, 4) is 17.2 Å². The lowest BCUT2D eigenvalue weighted by atomic mass is 10.1. The fourth-order valence-electron chi connectivity index (χ4n) is 2.35. The van der Waals surface area contributed by atoms with Crippen molar-refractivity contribution < 1.29 is 19.0 Å². The first kappa shape index (κ1) is 17.7. The monoisotopic (exact) mass is 329 g/mol. The molecule has 24 heavy (non-hydrogen) atoms. The van der Waals surface area contributed by atoms with Crippen molar-refractivity contribution in [3.63, 3.8) is 0 Å². The maximum atomic E-state index is 12.1. The van der Waals surface area contributed by atoms with Gasteiger partial charge in [-0.2, -0.15) is 0 Å². The van der Waals surface area contributed by atoms with Crippen LogP contribution < -0.4 is 19.5 Å². The maximum Gasteiger partial charge on any atom is 0.223 e. The number of carbonyl (C=O) groups is 1. The molecule has 1 unspecified atom stereocenters. The zero-order valence-corrected chi connectivity index (χ0v) is 14.2. The lowest BCUT2D eigenvalue weighted by Gasteiger charge is -2.18. The Labute approximate surface area is 142 Å². The molecule has 0 saturated heterocycles. The summed E-state index contributed by atoms with van der Waals surface area (Å²) in [5.74, 6) is 2.11. The zero-order valence-electron chi connectivity index (χ0n) is 14.2. The number of nitrogens with one attached hydrogen (secondary N) is 1. The minimum absolute atomic E-state index is 0.0803. The molecule has 1 atom stereocenters. The Balaban J connectivity index is 1.89. The van der Waals surface area contributed by atoms with E-state index in [0.717, 1.165) is 17.1 Å². The smallest absolute Gasteiger partial charge is 0.223 e. The molecular weight excluding hydrogens is 306 g/mol. The number of rotatable bonds is 8. The highest BCUT2D eigenvalue weighted by Crippen LogP contribution is 2.29. The second-order valence-corrected chi connectivity index (χ2v) is 5.31. The Bertz CT molecular complexity index is 658. The standard InChI is InChI=1S/C19H23NO4/c1-14(17-13-16(22-2)9-10-18(17)23-3)20-19(21)11-12-24-15-7-5-4-6-8-15/h4-10,13-14H,11-12H2,1-3H3,(H,20,21). The van der Waals surface area contributed by atoms with Gasteiger partial charge in [0.25, 0.3) is 0 Å². The number of benzene rings is 2. The summed E-state index contributed by atoms with van der Waals surface area (Å²) in [6, 6.07) is 14.8. The van der Waals surface area contributed by atoms with E-state index >= 15 is 0 Å². The predicted molar refractivity (Wildman–Crippen MR) is 92.7 cm³/mol. The summed E-state index contributed by atoms with van der Waals surface area (Å²) >= 11 is 0. The molecule has 0 fully saturated rings. The molecule has 1 N–H and O–H groups in total. The molecule has 0 spiro atoms. The topological polar surface area (TPSA) is 56.8 Å². The van der Waals surface area contributed by atoms with Gasteiger partial charge in [0.05, 0.1) is 33.3 Å². The van der Waals surface area contributed by atoms with Gasteiger partial charge in [0.15, 0.2) is 0 Å². The van der Waals surface area contributed by atoms with E-state index in [1.54, 1.807) is 14.2 Å². The highest BCUT2D eigenvalue weighted by atomic mass is 16.5. The molecule has 0 radical (unpaired) electrons. The average Bonchev–Trinajstić information content (AvgIpc) is 2.62. The molecule has 0 heterocycles. The molecule has 0 aromatic heterocycles. The zero-order chi connectivity index (χ0) is 17.4. The lowest BCUT2D eigenvalue weighted by Crippen LogP contribution is -2.28. The summed E-state index contributed by atoms with van der Waals surface area (Å²) < 4.78 is 16.1. The van der Waals surface area contributed by atoms with Crippen LogP contribution in [0.3, 0.4) is 0 Å². The van der Waals surface area contributed by atoms with Crippen LogP contribution in [0.5, 0.6) is 17.2 Å². The number of amides is 1. The third-order valence-electron chi connectivity index (χ3n) is 3.62. The van der Waals surface area contributed by atoms with Crippen molar-refractivity contribution in [1.29, 1.82) is 0 Å². The van der Waals surface area contributed by atoms with Gasteiger partial charge in [-0.15, -0.1) is 0 Å². The van der Waals surface area contributed by atoms with E-state index in [-0.39, 0.29) is 18.4 Å². The van der Waals surface area contributed by atoms with Crippen LogP contribution in [-0.2, 0) is 4.79 Å². The van der Waals surface area contributed by atoms with Gasteiger partial charge in [0, 0.05) is 5.56 Å². The molecule has 0 aliphatic rings. The van der Waals surface area contributed by atoms with E-state index in [9.17, 15) is 4.79 Å². The quantitative estimate of drug-likeness (QED) is 0.807. The first-order valence-corrected chi connectivity index (χ1v) is 7.83. The largest absolute Gasteiger partial charge is 0.497 e. The van der Waals surface area contributed by atoms with Crippen molar-refractivity contribution >= 4 is 5.91 Å². The molecule has 0 aliphatic heterocycles. The van der Waals surface area contributed by atoms with E-state index in [4.69, 9.17) is 14.2 Å². The van der Waals surface area contributed by atoms with Crippen molar-refractivity contribution in [3.05, 3.63) is 54.1 Å². The van der Waals surface area contributed by atoms with E-state index in [0.29, 0.717) is 12.4 Å². The molecule has 128 valence electrons. The van der Waals surface area contributed by atoms with Crippen LogP contribution in [0.2, 0.25) is 0 Å². The van der Waals surface area contributed by atoms with Gasteiger partial charge >= 0.3 is 0 Å². The molecule has 2 rings (SSSR count). The van der Waals surface area contributed by atoms with Crippen molar-refractivity contribution in [2.75, 3.05) is 20.8 Å². The summed E-state index contributed by atoms with van der Waals surface area (Å²) in [5, 5.41) is 2.95. The highest BCUT2D eigenvalue weighted by Gasteiger charge is 2.15. The second kappa shape index (κ2) is 8.82. The molecular formula is C19H23NO4. The van der Waals surface area contributed by atoms with Crippen LogP contribution in [0.15, 0.2) is 48.5 Å². The summed E-state index contributed by atoms with van der Waals surface area (Å²) in [5.41, 5.74) is 0.870. The summed E-state index contributed by atoms with van der Waals surface area (Å²) in [6.45, 7) is 2.24. The summed E-state index contributed by atoms with van der Waals surface area (Å²) in [7, 11) is 3.21. The van der Waals surface area contributed by atoms with Crippen molar-refractivity contribution in [1.82, 2.24) is 5.32 Å². The van der Waals surface area contributed by atoms with E-state index in [1.165, 1.54) is 0 Å². The van der Waals surface area contributed by atoms with E-state index < -0.39 is 0 Å². The van der Waals surface area contributed by atoms with Gasteiger partial charge in [-0.05, 0) is 37.3 Å². The average molecular weight is 329 g/mol. The van der Waals surface area contributed by atoms with E-state index in [1.807, 2.05) is 55.5 Å². The summed E-state index contributed by atoms with van der Waals surface area (Å²) in [6.07, 6.45) is 0.283. The lowest BCUT2D eigenvalue weighted by molar-refractivity contribution is -0.122. The van der Waals surface area contributed by atoms with Gasteiger partial charge in [0.1, 0.15) is 17.2 Å². The summed E-state index contributed by atoms with van der Waals surface area (Å²) in [4.78, 5) is 12.1. The number of para-hydroxylation sites is 1. The first-order valence-electron chi connectivity index (χ1n) is 7.83. The van der Waals surface area contributed by atoms with Crippen LogP contribution in [0, 0.1) is 0 Å². The van der Waals surface area contributed by atoms with Crippen LogP contribution in [0.25, 0.3) is 0 Å².